The zero-order valence-electron chi connectivity index (χ0n) is 10.1. The third-order valence-electron chi connectivity index (χ3n) is 2.65. The summed E-state index contributed by atoms with van der Waals surface area (Å²) in [5.41, 5.74) is 9.04. The van der Waals surface area contributed by atoms with Crippen LogP contribution in [-0.4, -0.2) is 4.98 Å². The lowest BCUT2D eigenvalue weighted by Gasteiger charge is -2.09. The van der Waals surface area contributed by atoms with Crippen molar-refractivity contribution < 1.29 is 0 Å². The molecule has 0 saturated carbocycles. The van der Waals surface area contributed by atoms with E-state index in [9.17, 15) is 0 Å². The third kappa shape index (κ3) is 2.58. The minimum Gasteiger partial charge on any atom is -0.395 e. The van der Waals surface area contributed by atoms with E-state index >= 15 is 0 Å². The van der Waals surface area contributed by atoms with Gasteiger partial charge in [0.15, 0.2) is 5.82 Å². The van der Waals surface area contributed by atoms with Crippen molar-refractivity contribution in [2.75, 3.05) is 11.1 Å². The van der Waals surface area contributed by atoms with Crippen LogP contribution in [0.3, 0.4) is 0 Å². The molecule has 0 radical (unpaired) electrons. The molecule has 0 saturated heterocycles. The van der Waals surface area contributed by atoms with Gasteiger partial charge in [-0.1, -0.05) is 29.8 Å². The van der Waals surface area contributed by atoms with Gasteiger partial charge in [-0.3, -0.25) is 0 Å². The number of nitrogens with one attached hydrogen (secondary N) is 1. The highest BCUT2D eigenvalue weighted by Gasteiger charge is 2.05. The molecule has 1 aromatic carbocycles. The average molecular weight is 238 g/mol. The Bertz CT molecular complexity index is 599. The number of aryl methyl sites for hydroxylation is 1. The fraction of sp³-hybridized carbons (Fsp3) is 0.143. The quantitative estimate of drug-likeness (QED) is 0.861. The number of rotatable bonds is 3. The van der Waals surface area contributed by atoms with Crippen molar-refractivity contribution in [3.8, 4) is 6.07 Å². The van der Waals surface area contributed by atoms with E-state index in [1.54, 1.807) is 12.3 Å². The topological polar surface area (TPSA) is 74.7 Å². The van der Waals surface area contributed by atoms with Crippen LogP contribution < -0.4 is 11.1 Å². The van der Waals surface area contributed by atoms with Crippen molar-refractivity contribution >= 4 is 11.5 Å². The molecule has 2 aromatic rings. The first-order valence-corrected chi connectivity index (χ1v) is 5.64. The molecule has 0 amide bonds. The van der Waals surface area contributed by atoms with Crippen LogP contribution in [0, 0.1) is 18.3 Å². The summed E-state index contributed by atoms with van der Waals surface area (Å²) >= 11 is 0. The predicted octanol–water partition coefficient (Wildman–Crippen LogP) is 2.46. The van der Waals surface area contributed by atoms with E-state index in [1.165, 1.54) is 5.56 Å². The van der Waals surface area contributed by atoms with Gasteiger partial charge in [-0.2, -0.15) is 5.26 Å². The number of hydrogen-bond acceptors (Lipinski definition) is 4. The number of benzene rings is 1. The van der Waals surface area contributed by atoms with Crippen LogP contribution in [-0.2, 0) is 6.54 Å². The molecular weight excluding hydrogens is 224 g/mol. The summed E-state index contributed by atoms with van der Waals surface area (Å²) in [6.07, 6.45) is 1.58. The molecule has 0 spiro atoms. The van der Waals surface area contributed by atoms with E-state index in [4.69, 9.17) is 11.0 Å². The molecule has 0 aliphatic rings. The maximum Gasteiger partial charge on any atom is 0.150 e. The Hall–Kier alpha value is -2.54. The number of pyridine rings is 1. The van der Waals surface area contributed by atoms with Crippen LogP contribution in [0.15, 0.2) is 36.5 Å². The van der Waals surface area contributed by atoms with Gasteiger partial charge in [-0.05, 0) is 18.6 Å². The Morgan fingerprint density at radius 3 is 2.94 bits per heavy atom. The number of nitrogen functional groups attached to an aromatic ring is 1. The molecule has 0 unspecified atom stereocenters. The van der Waals surface area contributed by atoms with E-state index in [2.05, 4.69) is 16.4 Å². The molecule has 0 fully saturated rings. The fourth-order valence-corrected chi connectivity index (χ4v) is 1.72. The lowest BCUT2D eigenvalue weighted by Crippen LogP contribution is -2.05. The second-order valence-corrected chi connectivity index (χ2v) is 4.08. The zero-order valence-corrected chi connectivity index (χ0v) is 10.1. The predicted molar refractivity (Wildman–Crippen MR) is 71.9 cm³/mol. The van der Waals surface area contributed by atoms with Crippen molar-refractivity contribution in [1.82, 2.24) is 4.98 Å². The van der Waals surface area contributed by atoms with E-state index < -0.39 is 0 Å². The normalized spacial score (nSPS) is 9.78. The molecule has 0 aliphatic heterocycles. The van der Waals surface area contributed by atoms with E-state index in [0.29, 0.717) is 23.6 Å². The number of hydrogen-bond donors (Lipinski definition) is 2. The molecule has 0 atom stereocenters. The van der Waals surface area contributed by atoms with Crippen LogP contribution in [0.2, 0.25) is 0 Å². The summed E-state index contributed by atoms with van der Waals surface area (Å²) in [5.74, 6) is 0.551. The van der Waals surface area contributed by atoms with Gasteiger partial charge >= 0.3 is 0 Å². The largest absolute Gasteiger partial charge is 0.395 e. The molecular formula is C14H14N4. The molecule has 18 heavy (non-hydrogen) atoms. The first kappa shape index (κ1) is 11.9. The Balaban J connectivity index is 2.14. The number of aromatic nitrogens is 1. The summed E-state index contributed by atoms with van der Waals surface area (Å²) in [6, 6.07) is 11.8. The van der Waals surface area contributed by atoms with Gasteiger partial charge in [-0.25, -0.2) is 4.98 Å². The fourth-order valence-electron chi connectivity index (χ4n) is 1.72. The summed E-state index contributed by atoms with van der Waals surface area (Å²) < 4.78 is 0. The van der Waals surface area contributed by atoms with Crippen LogP contribution >= 0.6 is 0 Å². The Morgan fingerprint density at radius 2 is 2.22 bits per heavy atom. The second-order valence-electron chi connectivity index (χ2n) is 4.08. The van der Waals surface area contributed by atoms with Crippen LogP contribution in [0.4, 0.5) is 11.5 Å². The van der Waals surface area contributed by atoms with Gasteiger partial charge in [0, 0.05) is 12.7 Å². The van der Waals surface area contributed by atoms with Gasteiger partial charge in [-0.15, -0.1) is 0 Å². The van der Waals surface area contributed by atoms with Gasteiger partial charge < -0.3 is 11.1 Å². The van der Waals surface area contributed by atoms with Gasteiger partial charge in [0.25, 0.3) is 0 Å². The molecule has 90 valence electrons. The van der Waals surface area contributed by atoms with Crippen LogP contribution in [0.5, 0.6) is 0 Å². The standard InChI is InChI=1S/C14H14N4/c1-10-3-2-4-11(7-10)9-18-14-13(16)12(8-15)5-6-17-14/h2-7H,9,16H2,1H3,(H,17,18). The van der Waals surface area contributed by atoms with E-state index in [1.807, 2.05) is 31.2 Å². The Morgan fingerprint density at radius 1 is 1.39 bits per heavy atom. The highest BCUT2D eigenvalue weighted by molar-refractivity contribution is 5.68. The maximum absolute atomic E-state index is 8.88. The highest BCUT2D eigenvalue weighted by atomic mass is 15.0. The number of nitrogens with two attached hydrogens (primary N) is 1. The number of nitriles is 1. The third-order valence-corrected chi connectivity index (χ3v) is 2.65. The Kier molecular flexibility index (Phi) is 3.44. The molecule has 4 heteroatoms. The monoisotopic (exact) mass is 238 g/mol. The maximum atomic E-state index is 8.88. The highest BCUT2D eigenvalue weighted by Crippen LogP contribution is 2.19. The molecule has 2 rings (SSSR count). The van der Waals surface area contributed by atoms with Crippen LogP contribution in [0.25, 0.3) is 0 Å². The molecule has 3 N–H and O–H groups in total. The zero-order chi connectivity index (χ0) is 13.0. The SMILES string of the molecule is Cc1cccc(CNc2nccc(C#N)c2N)c1. The van der Waals surface area contributed by atoms with Crippen LogP contribution in [0.1, 0.15) is 16.7 Å². The first-order chi connectivity index (χ1) is 8.70. The van der Waals surface area contributed by atoms with Gasteiger partial charge in [0.2, 0.25) is 0 Å². The van der Waals surface area contributed by atoms with Crippen molar-refractivity contribution in [1.29, 1.82) is 5.26 Å². The smallest absolute Gasteiger partial charge is 0.150 e. The van der Waals surface area contributed by atoms with Gasteiger partial charge in [0.1, 0.15) is 6.07 Å². The van der Waals surface area contributed by atoms with Gasteiger partial charge in [0.05, 0.1) is 11.3 Å². The van der Waals surface area contributed by atoms with Crippen molar-refractivity contribution in [3.05, 3.63) is 53.2 Å². The molecule has 0 aliphatic carbocycles. The summed E-state index contributed by atoms with van der Waals surface area (Å²) in [4.78, 5) is 4.14. The molecule has 0 bridgehead atoms. The minimum absolute atomic E-state index is 0.396. The first-order valence-electron chi connectivity index (χ1n) is 5.64. The van der Waals surface area contributed by atoms with Crippen molar-refractivity contribution in [2.24, 2.45) is 0 Å². The molecule has 4 nitrogen and oxygen atoms in total. The summed E-state index contributed by atoms with van der Waals surface area (Å²) in [7, 11) is 0. The van der Waals surface area contributed by atoms with Crippen molar-refractivity contribution in [3.63, 3.8) is 0 Å². The lowest BCUT2D eigenvalue weighted by atomic mass is 10.1. The van der Waals surface area contributed by atoms with E-state index in [0.717, 1.165) is 5.56 Å². The average Bonchev–Trinajstić information content (AvgIpc) is 2.38. The lowest BCUT2D eigenvalue weighted by molar-refractivity contribution is 1.11. The van der Waals surface area contributed by atoms with Crippen molar-refractivity contribution in [2.45, 2.75) is 13.5 Å². The minimum atomic E-state index is 0.396. The Labute approximate surface area is 106 Å². The molecule has 1 heterocycles. The second kappa shape index (κ2) is 5.19. The number of anilines is 2. The summed E-state index contributed by atoms with van der Waals surface area (Å²) in [5, 5.41) is 12.0. The van der Waals surface area contributed by atoms with E-state index in [-0.39, 0.29) is 0 Å². The molecule has 1 aromatic heterocycles. The number of nitrogens with zero attached hydrogens (tertiary/aromatic N) is 2. The summed E-state index contributed by atoms with van der Waals surface area (Å²) in [6.45, 7) is 2.68.